The number of thiophene rings is 1. The first-order valence-corrected chi connectivity index (χ1v) is 8.92. The van der Waals surface area contributed by atoms with Crippen LogP contribution in [-0.4, -0.2) is 9.55 Å². The first-order valence-electron chi connectivity index (χ1n) is 7.12. The van der Waals surface area contributed by atoms with E-state index in [2.05, 4.69) is 31.2 Å². The second kappa shape index (κ2) is 5.89. The Labute approximate surface area is 138 Å². The molecular weight excluding hydrogens is 312 g/mol. The fraction of sp³-hybridized carbons (Fsp3) is 0.294. The lowest BCUT2D eigenvalue weighted by Crippen LogP contribution is -2.19. The van der Waals surface area contributed by atoms with E-state index >= 15 is 0 Å². The third-order valence-corrected chi connectivity index (χ3v) is 6.02. The predicted molar refractivity (Wildman–Crippen MR) is 95.1 cm³/mol. The van der Waals surface area contributed by atoms with Crippen molar-refractivity contribution in [2.75, 3.05) is 0 Å². The van der Waals surface area contributed by atoms with Gasteiger partial charge in [0.05, 0.1) is 5.39 Å². The first kappa shape index (κ1) is 15.3. The minimum atomic E-state index is 0.0543. The van der Waals surface area contributed by atoms with Gasteiger partial charge in [-0.2, -0.15) is 0 Å². The molecule has 0 bridgehead atoms. The van der Waals surface area contributed by atoms with Gasteiger partial charge in [0.1, 0.15) is 4.83 Å². The van der Waals surface area contributed by atoms with Crippen LogP contribution in [0.15, 0.2) is 34.2 Å². The van der Waals surface area contributed by atoms with E-state index in [9.17, 15) is 4.79 Å². The fourth-order valence-electron chi connectivity index (χ4n) is 2.43. The van der Waals surface area contributed by atoms with Crippen LogP contribution in [0.25, 0.3) is 10.2 Å². The van der Waals surface area contributed by atoms with Crippen LogP contribution in [0.4, 0.5) is 0 Å². The maximum absolute atomic E-state index is 12.6. The normalized spacial score (nSPS) is 11.3. The van der Waals surface area contributed by atoms with Crippen molar-refractivity contribution >= 4 is 33.3 Å². The molecule has 22 heavy (non-hydrogen) atoms. The van der Waals surface area contributed by atoms with Crippen LogP contribution in [0.3, 0.4) is 0 Å². The van der Waals surface area contributed by atoms with E-state index in [4.69, 9.17) is 4.98 Å². The minimum Gasteiger partial charge on any atom is -0.290 e. The molecule has 3 aromatic rings. The molecule has 3 rings (SSSR count). The Morgan fingerprint density at radius 1 is 1.27 bits per heavy atom. The van der Waals surface area contributed by atoms with Gasteiger partial charge in [-0.3, -0.25) is 9.36 Å². The third kappa shape index (κ3) is 2.71. The number of fused-ring (bicyclic) bond motifs is 1. The zero-order valence-corrected chi connectivity index (χ0v) is 14.8. The van der Waals surface area contributed by atoms with Gasteiger partial charge in [-0.15, -0.1) is 11.3 Å². The summed E-state index contributed by atoms with van der Waals surface area (Å²) in [7, 11) is 1.81. The standard InChI is InChI=1S/C17H18N2OS2/c1-10-6-5-7-13(8-10)9-21-17-18-15-14(16(20)19(17)4)11(2)12(3)22-15/h5-8H,9H2,1-4H3. The first-order chi connectivity index (χ1) is 10.5. The van der Waals surface area contributed by atoms with Crippen molar-refractivity contribution in [3.8, 4) is 0 Å². The largest absolute Gasteiger partial charge is 0.290 e. The molecule has 0 saturated carbocycles. The molecule has 0 N–H and O–H groups in total. The number of hydrogen-bond acceptors (Lipinski definition) is 4. The molecule has 0 spiro atoms. The summed E-state index contributed by atoms with van der Waals surface area (Å²) in [5.41, 5.74) is 3.61. The second-order valence-electron chi connectivity index (χ2n) is 5.50. The maximum Gasteiger partial charge on any atom is 0.262 e. The summed E-state index contributed by atoms with van der Waals surface area (Å²) >= 11 is 3.21. The lowest BCUT2D eigenvalue weighted by molar-refractivity contribution is 0.727. The van der Waals surface area contributed by atoms with E-state index < -0.39 is 0 Å². The van der Waals surface area contributed by atoms with E-state index in [1.54, 1.807) is 34.7 Å². The van der Waals surface area contributed by atoms with Gasteiger partial charge in [-0.05, 0) is 31.9 Å². The average molecular weight is 330 g/mol. The van der Waals surface area contributed by atoms with Gasteiger partial charge in [0.2, 0.25) is 0 Å². The summed E-state index contributed by atoms with van der Waals surface area (Å²) in [4.78, 5) is 19.3. The summed E-state index contributed by atoms with van der Waals surface area (Å²) in [6.45, 7) is 6.13. The lowest BCUT2D eigenvalue weighted by atomic mass is 10.2. The van der Waals surface area contributed by atoms with Crippen molar-refractivity contribution in [2.45, 2.75) is 31.7 Å². The molecule has 2 aromatic heterocycles. The number of thioether (sulfide) groups is 1. The van der Waals surface area contributed by atoms with E-state index in [1.165, 1.54) is 16.0 Å². The molecule has 0 aliphatic carbocycles. The second-order valence-corrected chi connectivity index (χ2v) is 7.65. The molecule has 1 aromatic carbocycles. The highest BCUT2D eigenvalue weighted by atomic mass is 32.2. The van der Waals surface area contributed by atoms with E-state index in [-0.39, 0.29) is 5.56 Å². The van der Waals surface area contributed by atoms with Gasteiger partial charge in [0, 0.05) is 17.7 Å². The molecule has 2 heterocycles. The van der Waals surface area contributed by atoms with Crippen LogP contribution in [0.1, 0.15) is 21.6 Å². The Bertz CT molecular complexity index is 909. The van der Waals surface area contributed by atoms with Crippen LogP contribution < -0.4 is 5.56 Å². The summed E-state index contributed by atoms with van der Waals surface area (Å²) in [6.07, 6.45) is 0. The van der Waals surface area contributed by atoms with Gasteiger partial charge >= 0.3 is 0 Å². The molecular formula is C17H18N2OS2. The summed E-state index contributed by atoms with van der Waals surface area (Å²) < 4.78 is 1.67. The van der Waals surface area contributed by atoms with Crippen LogP contribution in [0.2, 0.25) is 0 Å². The van der Waals surface area contributed by atoms with Gasteiger partial charge < -0.3 is 0 Å². The number of rotatable bonds is 3. The molecule has 114 valence electrons. The Hall–Kier alpha value is -1.59. The van der Waals surface area contributed by atoms with Gasteiger partial charge in [-0.25, -0.2) is 4.98 Å². The maximum atomic E-state index is 12.6. The Morgan fingerprint density at radius 2 is 2.05 bits per heavy atom. The molecule has 0 aliphatic rings. The van der Waals surface area contributed by atoms with Crippen molar-refractivity contribution in [2.24, 2.45) is 7.05 Å². The number of hydrogen-bond donors (Lipinski definition) is 0. The van der Waals surface area contributed by atoms with Gasteiger partial charge in [0.25, 0.3) is 5.56 Å². The number of aryl methyl sites for hydroxylation is 3. The van der Waals surface area contributed by atoms with Gasteiger partial charge in [-0.1, -0.05) is 41.6 Å². The predicted octanol–water partition coefficient (Wildman–Crippen LogP) is 4.21. The Kier molecular flexibility index (Phi) is 4.10. The topological polar surface area (TPSA) is 34.9 Å². The average Bonchev–Trinajstić information content (AvgIpc) is 2.76. The van der Waals surface area contributed by atoms with E-state index in [0.717, 1.165) is 26.7 Å². The van der Waals surface area contributed by atoms with Crippen molar-refractivity contribution < 1.29 is 0 Å². The zero-order valence-electron chi connectivity index (χ0n) is 13.1. The lowest BCUT2D eigenvalue weighted by Gasteiger charge is -2.07. The highest BCUT2D eigenvalue weighted by molar-refractivity contribution is 7.98. The zero-order chi connectivity index (χ0) is 15.9. The molecule has 3 nitrogen and oxygen atoms in total. The smallest absolute Gasteiger partial charge is 0.262 e. The summed E-state index contributed by atoms with van der Waals surface area (Å²) in [6, 6.07) is 8.43. The van der Waals surface area contributed by atoms with Crippen molar-refractivity contribution in [1.29, 1.82) is 0 Å². The number of nitrogens with zero attached hydrogens (tertiary/aromatic N) is 2. The molecule has 0 amide bonds. The monoisotopic (exact) mass is 330 g/mol. The van der Waals surface area contributed by atoms with Crippen molar-refractivity contribution in [1.82, 2.24) is 9.55 Å². The van der Waals surface area contributed by atoms with E-state index in [1.807, 2.05) is 13.8 Å². The summed E-state index contributed by atoms with van der Waals surface area (Å²) in [5, 5.41) is 1.55. The van der Waals surface area contributed by atoms with Crippen LogP contribution in [0.5, 0.6) is 0 Å². The highest BCUT2D eigenvalue weighted by Crippen LogP contribution is 2.29. The highest BCUT2D eigenvalue weighted by Gasteiger charge is 2.14. The molecule has 0 saturated heterocycles. The van der Waals surface area contributed by atoms with Crippen molar-refractivity contribution in [3.63, 3.8) is 0 Å². The molecule has 0 fully saturated rings. The van der Waals surface area contributed by atoms with E-state index in [0.29, 0.717) is 0 Å². The quantitative estimate of drug-likeness (QED) is 0.533. The SMILES string of the molecule is Cc1cccc(CSc2nc3sc(C)c(C)c3c(=O)n2C)c1. The Balaban J connectivity index is 1.97. The fourth-order valence-corrected chi connectivity index (χ4v) is 4.42. The van der Waals surface area contributed by atoms with Crippen LogP contribution in [-0.2, 0) is 12.8 Å². The molecule has 5 heteroatoms. The molecule has 0 radical (unpaired) electrons. The molecule has 0 unspecified atom stereocenters. The van der Waals surface area contributed by atoms with Crippen molar-refractivity contribution in [3.05, 3.63) is 56.2 Å². The minimum absolute atomic E-state index is 0.0543. The van der Waals surface area contributed by atoms with Gasteiger partial charge in [0.15, 0.2) is 5.16 Å². The van der Waals surface area contributed by atoms with Crippen LogP contribution in [0, 0.1) is 20.8 Å². The third-order valence-electron chi connectivity index (χ3n) is 3.82. The molecule has 0 atom stereocenters. The number of aromatic nitrogens is 2. The molecule has 0 aliphatic heterocycles. The number of benzene rings is 1. The Morgan fingerprint density at radius 3 is 2.77 bits per heavy atom. The van der Waals surface area contributed by atoms with Crippen LogP contribution >= 0.6 is 23.1 Å². The summed E-state index contributed by atoms with van der Waals surface area (Å²) in [5.74, 6) is 0.816.